The van der Waals surface area contributed by atoms with Crippen LogP contribution in [0.25, 0.3) is 11.1 Å². The van der Waals surface area contributed by atoms with Crippen LogP contribution in [-0.2, 0) is 12.8 Å². The lowest BCUT2D eigenvalue weighted by Gasteiger charge is -2.39. The monoisotopic (exact) mass is 508 g/mol. The molecule has 202 valence electrons. The van der Waals surface area contributed by atoms with Crippen LogP contribution in [0.2, 0.25) is 0 Å². The highest BCUT2D eigenvalue weighted by molar-refractivity contribution is 5.81. The summed E-state index contributed by atoms with van der Waals surface area (Å²) >= 11 is 0. The Labute approximate surface area is 232 Å². The molecule has 6 rings (SSSR count). The van der Waals surface area contributed by atoms with Crippen molar-refractivity contribution in [3.8, 4) is 11.1 Å². The Balaban J connectivity index is 0.000000366. The molecule has 2 nitrogen and oxygen atoms in total. The van der Waals surface area contributed by atoms with Crippen LogP contribution in [0.1, 0.15) is 77.3 Å². The Bertz CT molecular complexity index is 1170. The molecule has 3 aromatic rings. The van der Waals surface area contributed by atoms with E-state index in [1.807, 2.05) is 0 Å². The molecular formula is C36H48N2. The van der Waals surface area contributed by atoms with Crippen molar-refractivity contribution < 1.29 is 0 Å². The van der Waals surface area contributed by atoms with E-state index in [4.69, 9.17) is 0 Å². The van der Waals surface area contributed by atoms with Crippen molar-refractivity contribution in [3.63, 3.8) is 0 Å². The molecule has 3 aliphatic rings. The molecular weight excluding hydrogens is 460 g/mol. The van der Waals surface area contributed by atoms with Crippen LogP contribution in [0.4, 0.5) is 11.4 Å². The van der Waals surface area contributed by atoms with Crippen molar-refractivity contribution >= 4 is 11.4 Å². The Morgan fingerprint density at radius 2 is 1.50 bits per heavy atom. The van der Waals surface area contributed by atoms with Crippen molar-refractivity contribution in [3.05, 3.63) is 83.9 Å². The number of rotatable bonds is 8. The highest BCUT2D eigenvalue weighted by Crippen LogP contribution is 2.44. The van der Waals surface area contributed by atoms with Gasteiger partial charge in [-0.25, -0.2) is 0 Å². The summed E-state index contributed by atoms with van der Waals surface area (Å²) in [6, 6.07) is 27.8. The number of fused-ring (bicyclic) bond motifs is 4. The zero-order valence-corrected chi connectivity index (χ0v) is 24.3. The third kappa shape index (κ3) is 6.63. The average molecular weight is 509 g/mol. The Morgan fingerprint density at radius 1 is 0.737 bits per heavy atom. The molecule has 2 aliphatic heterocycles. The van der Waals surface area contributed by atoms with Gasteiger partial charge < -0.3 is 9.80 Å². The average Bonchev–Trinajstić information content (AvgIpc) is 3.72. The standard InChI is InChI=1S/C29H34N2.C7H14/c1-2-3-5-9-23-10-8-11-24(20-23)16-19-31-27-17-18-30(22-27)28-15-14-26(21-29(28)31)25-12-6-4-7-13-25;1-7(2,3)6-4-5-6/h4,6-8,10-15,20-21,27H,2-3,5,9,16-19,22H2,1H3;6H,4-5H2,1-3H3. The van der Waals surface area contributed by atoms with Crippen LogP contribution < -0.4 is 9.80 Å². The zero-order valence-electron chi connectivity index (χ0n) is 24.3. The molecule has 1 unspecified atom stereocenters. The van der Waals surface area contributed by atoms with Gasteiger partial charge in [0.15, 0.2) is 0 Å². The molecule has 3 aromatic carbocycles. The predicted octanol–water partition coefficient (Wildman–Crippen LogP) is 9.17. The van der Waals surface area contributed by atoms with Crippen LogP contribution in [0.3, 0.4) is 0 Å². The van der Waals surface area contributed by atoms with E-state index in [1.54, 1.807) is 0 Å². The second-order valence-corrected chi connectivity index (χ2v) is 12.8. The summed E-state index contributed by atoms with van der Waals surface area (Å²) < 4.78 is 0. The highest BCUT2D eigenvalue weighted by Gasteiger charge is 2.35. The molecule has 2 heteroatoms. The van der Waals surface area contributed by atoms with E-state index in [2.05, 4.69) is 110 Å². The lowest BCUT2D eigenvalue weighted by molar-refractivity contribution is 0.351. The fraction of sp³-hybridized carbons (Fsp3) is 0.500. The van der Waals surface area contributed by atoms with Gasteiger partial charge in [-0.15, -0.1) is 0 Å². The summed E-state index contributed by atoms with van der Waals surface area (Å²) in [5.74, 6) is 1.05. The maximum Gasteiger partial charge on any atom is 0.0613 e. The fourth-order valence-corrected chi connectivity index (χ4v) is 6.26. The van der Waals surface area contributed by atoms with E-state index in [9.17, 15) is 0 Å². The number of hydrogen-bond acceptors (Lipinski definition) is 2. The predicted molar refractivity (Wildman–Crippen MR) is 165 cm³/mol. The van der Waals surface area contributed by atoms with E-state index in [0.717, 1.165) is 18.9 Å². The number of anilines is 2. The van der Waals surface area contributed by atoms with Gasteiger partial charge in [-0.3, -0.25) is 0 Å². The molecule has 1 saturated carbocycles. The van der Waals surface area contributed by atoms with Crippen LogP contribution in [0, 0.1) is 11.3 Å². The third-order valence-corrected chi connectivity index (χ3v) is 8.84. The molecule has 0 radical (unpaired) electrons. The van der Waals surface area contributed by atoms with Crippen molar-refractivity contribution in [1.29, 1.82) is 0 Å². The summed E-state index contributed by atoms with van der Waals surface area (Å²) in [6.07, 6.45) is 10.5. The van der Waals surface area contributed by atoms with Crippen LogP contribution in [0.15, 0.2) is 72.8 Å². The molecule has 0 aromatic heterocycles. The van der Waals surface area contributed by atoms with Crippen molar-refractivity contribution in [2.75, 3.05) is 29.4 Å². The molecule has 1 aliphatic carbocycles. The minimum Gasteiger partial charge on any atom is -0.368 e. The lowest BCUT2D eigenvalue weighted by Crippen LogP contribution is -2.43. The van der Waals surface area contributed by atoms with Gasteiger partial charge in [0, 0.05) is 25.7 Å². The molecule has 2 bridgehead atoms. The lowest BCUT2D eigenvalue weighted by atomic mass is 9.91. The summed E-state index contributed by atoms with van der Waals surface area (Å²) in [6.45, 7) is 12.7. The second-order valence-electron chi connectivity index (χ2n) is 12.8. The number of unbranched alkanes of at least 4 members (excludes halogenated alkanes) is 2. The quantitative estimate of drug-likeness (QED) is 0.280. The van der Waals surface area contributed by atoms with E-state index in [1.165, 1.54) is 91.7 Å². The van der Waals surface area contributed by atoms with Crippen molar-refractivity contribution in [1.82, 2.24) is 0 Å². The second kappa shape index (κ2) is 12.0. The maximum atomic E-state index is 2.70. The first-order valence-electron chi connectivity index (χ1n) is 15.2. The third-order valence-electron chi connectivity index (χ3n) is 8.84. The fourth-order valence-electron chi connectivity index (χ4n) is 6.26. The van der Waals surface area contributed by atoms with Gasteiger partial charge in [0.1, 0.15) is 0 Å². The SMILES string of the molecule is CC(C)(C)C1CC1.CCCCCc1cccc(CCN2c3cc(-c4ccccc4)ccc3N3CCC2C3)c1. The highest BCUT2D eigenvalue weighted by atomic mass is 15.3. The van der Waals surface area contributed by atoms with Gasteiger partial charge >= 0.3 is 0 Å². The molecule has 0 amide bonds. The van der Waals surface area contributed by atoms with Crippen LogP contribution in [0.5, 0.6) is 0 Å². The molecule has 2 heterocycles. The van der Waals surface area contributed by atoms with Gasteiger partial charge in [-0.1, -0.05) is 101 Å². The summed E-state index contributed by atoms with van der Waals surface area (Å²) in [5.41, 5.74) is 9.07. The van der Waals surface area contributed by atoms with E-state index >= 15 is 0 Å². The van der Waals surface area contributed by atoms with Crippen molar-refractivity contribution in [2.45, 2.75) is 85.1 Å². The smallest absolute Gasteiger partial charge is 0.0613 e. The molecule has 38 heavy (non-hydrogen) atoms. The van der Waals surface area contributed by atoms with Crippen LogP contribution in [-0.4, -0.2) is 25.7 Å². The van der Waals surface area contributed by atoms with Gasteiger partial charge in [-0.2, -0.15) is 0 Å². The first-order chi connectivity index (χ1) is 18.4. The topological polar surface area (TPSA) is 6.48 Å². The van der Waals surface area contributed by atoms with E-state index in [-0.39, 0.29) is 0 Å². The normalized spacial score (nSPS) is 18.2. The summed E-state index contributed by atoms with van der Waals surface area (Å²) in [4.78, 5) is 5.29. The minimum atomic E-state index is 0.611. The van der Waals surface area contributed by atoms with E-state index < -0.39 is 0 Å². The Kier molecular flexibility index (Phi) is 8.46. The number of aryl methyl sites for hydroxylation is 1. The van der Waals surface area contributed by atoms with Crippen molar-refractivity contribution in [2.24, 2.45) is 11.3 Å². The number of benzene rings is 3. The van der Waals surface area contributed by atoms with E-state index in [0.29, 0.717) is 11.5 Å². The van der Waals surface area contributed by atoms with Crippen LogP contribution >= 0.6 is 0 Å². The Morgan fingerprint density at radius 3 is 2.18 bits per heavy atom. The maximum absolute atomic E-state index is 2.70. The molecule has 1 atom stereocenters. The Hall–Kier alpha value is -2.74. The largest absolute Gasteiger partial charge is 0.368 e. The van der Waals surface area contributed by atoms with Gasteiger partial charge in [0.2, 0.25) is 0 Å². The van der Waals surface area contributed by atoms with Gasteiger partial charge in [0.05, 0.1) is 11.4 Å². The van der Waals surface area contributed by atoms with Gasteiger partial charge in [0.25, 0.3) is 0 Å². The number of nitrogens with zero attached hydrogens (tertiary/aromatic N) is 2. The van der Waals surface area contributed by atoms with Gasteiger partial charge in [-0.05, 0) is 84.2 Å². The molecule has 1 saturated heterocycles. The first kappa shape index (κ1) is 26.9. The summed E-state index contributed by atoms with van der Waals surface area (Å²) in [7, 11) is 0. The molecule has 2 fully saturated rings. The molecule has 0 spiro atoms. The first-order valence-corrected chi connectivity index (χ1v) is 15.2. The summed E-state index contributed by atoms with van der Waals surface area (Å²) in [5, 5.41) is 0. The molecule has 0 N–H and O–H groups in total. The minimum absolute atomic E-state index is 0.611. The zero-order chi connectivity index (χ0) is 26.5. The number of hydrogen-bond donors (Lipinski definition) is 0.